The lowest BCUT2D eigenvalue weighted by molar-refractivity contribution is -0.132. The van der Waals surface area contributed by atoms with Crippen molar-refractivity contribution in [3.8, 4) is 5.75 Å². The molecule has 1 fully saturated rings. The molecule has 2 aromatic heterocycles. The molecule has 5 rings (SSSR count). The predicted octanol–water partition coefficient (Wildman–Crippen LogP) is 3.12. The summed E-state index contributed by atoms with van der Waals surface area (Å²) in [7, 11) is 1.67. The summed E-state index contributed by atoms with van der Waals surface area (Å²) in [4.78, 5) is 30.5. The Hall–Kier alpha value is -3.81. The van der Waals surface area contributed by atoms with Gasteiger partial charge in [-0.25, -0.2) is 4.68 Å². The van der Waals surface area contributed by atoms with Crippen LogP contribution in [0, 0.1) is 0 Å². The number of piperazine rings is 1. The summed E-state index contributed by atoms with van der Waals surface area (Å²) < 4.78 is 8.84. The number of anilines is 1. The number of aromatic nitrogens is 3. The average molecular weight is 460 g/mol. The van der Waals surface area contributed by atoms with Gasteiger partial charge >= 0.3 is 0 Å². The molecule has 1 saturated heterocycles. The molecular formula is C26H29N5O3. The van der Waals surface area contributed by atoms with E-state index in [4.69, 9.17) is 4.74 Å². The van der Waals surface area contributed by atoms with Crippen LogP contribution < -0.4 is 15.2 Å². The van der Waals surface area contributed by atoms with E-state index in [1.54, 1.807) is 13.3 Å². The van der Waals surface area contributed by atoms with E-state index in [1.807, 2.05) is 53.4 Å². The summed E-state index contributed by atoms with van der Waals surface area (Å²) >= 11 is 0. The number of benzene rings is 2. The molecule has 0 N–H and O–H groups in total. The third kappa shape index (κ3) is 3.79. The van der Waals surface area contributed by atoms with Crippen molar-refractivity contribution in [3.63, 3.8) is 0 Å². The van der Waals surface area contributed by atoms with Gasteiger partial charge in [0.1, 0.15) is 17.8 Å². The van der Waals surface area contributed by atoms with E-state index in [1.165, 1.54) is 4.68 Å². The molecule has 3 heterocycles. The Morgan fingerprint density at radius 1 is 1.00 bits per heavy atom. The Morgan fingerprint density at radius 2 is 1.74 bits per heavy atom. The molecule has 0 saturated carbocycles. The van der Waals surface area contributed by atoms with Crippen molar-refractivity contribution in [2.24, 2.45) is 0 Å². The van der Waals surface area contributed by atoms with Crippen molar-refractivity contribution in [1.82, 2.24) is 19.2 Å². The van der Waals surface area contributed by atoms with Gasteiger partial charge in [0.25, 0.3) is 5.56 Å². The lowest BCUT2D eigenvalue weighted by Gasteiger charge is -2.36. The molecule has 0 spiro atoms. The number of para-hydroxylation sites is 3. The second kappa shape index (κ2) is 9.21. The van der Waals surface area contributed by atoms with Gasteiger partial charge < -0.3 is 19.1 Å². The monoisotopic (exact) mass is 459 g/mol. The number of ether oxygens (including phenoxy) is 1. The molecule has 34 heavy (non-hydrogen) atoms. The van der Waals surface area contributed by atoms with Gasteiger partial charge in [-0.3, -0.25) is 9.59 Å². The largest absolute Gasteiger partial charge is 0.495 e. The van der Waals surface area contributed by atoms with Crippen molar-refractivity contribution in [3.05, 3.63) is 65.1 Å². The molecule has 1 aliphatic rings. The Bertz CT molecular complexity index is 1400. The highest BCUT2D eigenvalue weighted by molar-refractivity contribution is 6.07. The first-order chi connectivity index (χ1) is 16.6. The smallest absolute Gasteiger partial charge is 0.291 e. The number of hydrogen-bond donors (Lipinski definition) is 0. The van der Waals surface area contributed by atoms with Crippen molar-refractivity contribution < 1.29 is 9.53 Å². The van der Waals surface area contributed by atoms with Gasteiger partial charge in [-0.05, 0) is 24.6 Å². The number of carbonyl (C=O) groups excluding carboxylic acids is 1. The number of methoxy groups -OCH3 is 1. The molecular weight excluding hydrogens is 430 g/mol. The zero-order valence-corrected chi connectivity index (χ0v) is 19.6. The molecule has 0 radical (unpaired) electrons. The van der Waals surface area contributed by atoms with Crippen LogP contribution in [0.15, 0.2) is 59.5 Å². The van der Waals surface area contributed by atoms with Crippen LogP contribution in [0.25, 0.3) is 21.8 Å². The van der Waals surface area contributed by atoms with Gasteiger partial charge in [0, 0.05) is 49.0 Å². The van der Waals surface area contributed by atoms with Crippen LogP contribution >= 0.6 is 0 Å². The number of fused-ring (bicyclic) bond motifs is 3. The van der Waals surface area contributed by atoms with Crippen molar-refractivity contribution in [1.29, 1.82) is 0 Å². The maximum atomic E-state index is 13.4. The minimum absolute atomic E-state index is 0.0585. The fraction of sp³-hybridized carbons (Fsp3) is 0.346. The minimum atomic E-state index is -0.219. The Balaban J connectivity index is 1.36. The van der Waals surface area contributed by atoms with E-state index in [0.29, 0.717) is 31.7 Å². The van der Waals surface area contributed by atoms with Crippen molar-refractivity contribution in [2.75, 3.05) is 38.2 Å². The van der Waals surface area contributed by atoms with E-state index in [0.717, 1.165) is 40.7 Å². The number of carbonyl (C=O) groups is 1. The Kier molecular flexibility index (Phi) is 5.96. The van der Waals surface area contributed by atoms with Crippen LogP contribution in [0.3, 0.4) is 0 Å². The molecule has 0 bridgehead atoms. The summed E-state index contributed by atoms with van der Waals surface area (Å²) in [6, 6.07) is 15.9. The quantitative estimate of drug-likeness (QED) is 0.443. The molecule has 0 unspecified atom stereocenters. The fourth-order valence-electron chi connectivity index (χ4n) is 4.88. The predicted molar refractivity (Wildman–Crippen MR) is 134 cm³/mol. The van der Waals surface area contributed by atoms with E-state index < -0.39 is 0 Å². The summed E-state index contributed by atoms with van der Waals surface area (Å²) in [6.07, 6.45) is 2.63. The topological polar surface area (TPSA) is 72.6 Å². The second-order valence-corrected chi connectivity index (χ2v) is 8.58. The van der Waals surface area contributed by atoms with Crippen LogP contribution in [0.5, 0.6) is 5.75 Å². The third-order valence-electron chi connectivity index (χ3n) is 6.56. The lowest BCUT2D eigenvalue weighted by Crippen LogP contribution is -2.50. The highest BCUT2D eigenvalue weighted by Crippen LogP contribution is 2.29. The van der Waals surface area contributed by atoms with Gasteiger partial charge in [-0.15, -0.1) is 0 Å². The highest BCUT2D eigenvalue weighted by Gasteiger charge is 2.24. The van der Waals surface area contributed by atoms with Crippen LogP contribution in [-0.4, -0.2) is 58.4 Å². The molecule has 8 nitrogen and oxygen atoms in total. The van der Waals surface area contributed by atoms with E-state index in [2.05, 4.69) is 21.5 Å². The molecule has 0 aliphatic carbocycles. The van der Waals surface area contributed by atoms with Crippen LogP contribution in [0.1, 0.15) is 13.3 Å². The summed E-state index contributed by atoms with van der Waals surface area (Å²) in [5.41, 5.74) is 2.45. The zero-order chi connectivity index (χ0) is 23.7. The zero-order valence-electron chi connectivity index (χ0n) is 19.6. The maximum Gasteiger partial charge on any atom is 0.291 e. The first-order valence-electron chi connectivity index (χ1n) is 11.7. The standard InChI is InChI=1S/C26H29N5O3/c1-3-12-30-21-9-5-4-8-19(21)20-17-27-31(26(33)25(20)30)18-24(32)29-15-13-28(14-16-29)22-10-6-7-11-23(22)34-2/h4-11,17H,3,12-16,18H2,1-2H3. The molecule has 2 aromatic carbocycles. The highest BCUT2D eigenvalue weighted by atomic mass is 16.5. The van der Waals surface area contributed by atoms with Gasteiger partial charge in [-0.2, -0.15) is 5.10 Å². The number of rotatable bonds is 6. The van der Waals surface area contributed by atoms with E-state index in [-0.39, 0.29) is 18.0 Å². The Labute approximate surface area is 197 Å². The average Bonchev–Trinajstić information content (AvgIpc) is 3.20. The van der Waals surface area contributed by atoms with Gasteiger partial charge in [0.2, 0.25) is 5.91 Å². The third-order valence-corrected chi connectivity index (χ3v) is 6.56. The molecule has 8 heteroatoms. The fourth-order valence-corrected chi connectivity index (χ4v) is 4.88. The molecule has 176 valence electrons. The first-order valence-corrected chi connectivity index (χ1v) is 11.7. The van der Waals surface area contributed by atoms with Crippen LogP contribution in [-0.2, 0) is 17.9 Å². The van der Waals surface area contributed by atoms with E-state index in [9.17, 15) is 9.59 Å². The molecule has 1 aliphatic heterocycles. The lowest BCUT2D eigenvalue weighted by atomic mass is 10.2. The number of amides is 1. The first kappa shape index (κ1) is 22.0. The number of aryl methyl sites for hydroxylation is 1. The number of hydrogen-bond acceptors (Lipinski definition) is 5. The molecule has 4 aromatic rings. The van der Waals surface area contributed by atoms with Gasteiger partial charge in [0.15, 0.2) is 0 Å². The SMILES string of the molecule is CCCn1c2ccccc2c2cnn(CC(=O)N3CCN(c4ccccc4OC)CC3)c(=O)c21. The minimum Gasteiger partial charge on any atom is -0.495 e. The molecule has 1 amide bonds. The normalized spacial score (nSPS) is 14.2. The molecule has 0 atom stereocenters. The summed E-state index contributed by atoms with van der Waals surface area (Å²) in [5, 5.41) is 6.22. The van der Waals surface area contributed by atoms with Gasteiger partial charge in [0.05, 0.1) is 19.0 Å². The van der Waals surface area contributed by atoms with E-state index >= 15 is 0 Å². The van der Waals surface area contributed by atoms with Crippen molar-refractivity contribution in [2.45, 2.75) is 26.4 Å². The Morgan fingerprint density at radius 3 is 2.50 bits per heavy atom. The van der Waals surface area contributed by atoms with Gasteiger partial charge in [-0.1, -0.05) is 37.3 Å². The van der Waals surface area contributed by atoms with Crippen LogP contribution in [0.4, 0.5) is 5.69 Å². The van der Waals surface area contributed by atoms with Crippen molar-refractivity contribution >= 4 is 33.4 Å². The van der Waals surface area contributed by atoms with Crippen LogP contribution in [0.2, 0.25) is 0 Å². The maximum absolute atomic E-state index is 13.4. The number of nitrogens with zero attached hydrogens (tertiary/aromatic N) is 5. The summed E-state index contributed by atoms with van der Waals surface area (Å²) in [6.45, 7) is 5.36. The second-order valence-electron chi connectivity index (χ2n) is 8.58. The summed E-state index contributed by atoms with van der Waals surface area (Å²) in [5.74, 6) is 0.737.